The number of amides is 2. The molecular weight excluding hydrogens is 462 g/mol. The topological polar surface area (TPSA) is 114 Å². The largest absolute Gasteiger partial charge is 0.495 e. The first-order valence-corrected chi connectivity index (χ1v) is 11.6. The number of thiazole rings is 1. The van der Waals surface area contributed by atoms with E-state index in [1.165, 1.54) is 11.3 Å². The van der Waals surface area contributed by atoms with Gasteiger partial charge in [0.1, 0.15) is 5.75 Å². The molecule has 0 bridgehead atoms. The molecular formula is C25H21N7O2S. The lowest BCUT2D eigenvalue weighted by Gasteiger charge is -2.13. The zero-order valence-electron chi connectivity index (χ0n) is 18.9. The second-order valence-electron chi connectivity index (χ2n) is 7.65. The summed E-state index contributed by atoms with van der Waals surface area (Å²) in [5.41, 5.74) is 7.28. The highest BCUT2D eigenvalue weighted by molar-refractivity contribution is 7.16. The monoisotopic (exact) mass is 483 g/mol. The smallest absolute Gasteiger partial charge is 0.323 e. The second-order valence-corrected chi connectivity index (χ2v) is 8.53. The molecule has 3 heterocycles. The summed E-state index contributed by atoms with van der Waals surface area (Å²) in [4.78, 5) is 29.9. The summed E-state index contributed by atoms with van der Waals surface area (Å²) in [6.45, 7) is 1.96. The molecule has 0 aliphatic heterocycles. The summed E-state index contributed by atoms with van der Waals surface area (Å²) >= 11 is 1.53. The number of hydrogen-bond acceptors (Lipinski definition) is 8. The zero-order chi connectivity index (χ0) is 24.2. The van der Waals surface area contributed by atoms with Gasteiger partial charge in [-0.3, -0.25) is 4.98 Å². The maximum Gasteiger partial charge on any atom is 0.323 e. The maximum absolute atomic E-state index is 12.6. The molecule has 0 unspecified atom stereocenters. The molecule has 3 N–H and O–H groups in total. The Kier molecular flexibility index (Phi) is 6.18. The third kappa shape index (κ3) is 5.17. The number of carbonyl (C=O) groups excluding carboxylic acids is 1. The SMILES string of the molecule is COc1cncc(-c2ccnc(Nc3cc(NC(=O)Nc4ccc5ncsc5c4)ccc3C)n2)c1. The molecule has 10 heteroatoms. The van der Waals surface area contributed by atoms with Crippen LogP contribution in [0.3, 0.4) is 0 Å². The number of rotatable bonds is 6. The van der Waals surface area contributed by atoms with E-state index in [0.29, 0.717) is 28.8 Å². The van der Waals surface area contributed by atoms with Gasteiger partial charge in [-0.25, -0.2) is 19.7 Å². The number of anilines is 4. The van der Waals surface area contributed by atoms with E-state index < -0.39 is 0 Å². The number of nitrogens with one attached hydrogen (secondary N) is 3. The summed E-state index contributed by atoms with van der Waals surface area (Å²) in [7, 11) is 1.59. The molecule has 0 saturated carbocycles. The van der Waals surface area contributed by atoms with Gasteiger partial charge in [0, 0.05) is 35.0 Å². The number of pyridine rings is 1. The van der Waals surface area contributed by atoms with Gasteiger partial charge < -0.3 is 20.7 Å². The Morgan fingerprint density at radius 2 is 1.80 bits per heavy atom. The number of aryl methyl sites for hydroxylation is 1. The van der Waals surface area contributed by atoms with Crippen LogP contribution >= 0.6 is 11.3 Å². The Morgan fingerprint density at radius 1 is 0.971 bits per heavy atom. The summed E-state index contributed by atoms with van der Waals surface area (Å²) < 4.78 is 6.26. The van der Waals surface area contributed by atoms with Gasteiger partial charge in [0.15, 0.2) is 0 Å². The molecule has 2 amide bonds. The molecule has 9 nitrogen and oxygen atoms in total. The number of methoxy groups -OCH3 is 1. The highest BCUT2D eigenvalue weighted by atomic mass is 32.1. The van der Waals surface area contributed by atoms with E-state index in [-0.39, 0.29) is 6.03 Å². The quantitative estimate of drug-likeness (QED) is 0.277. The number of fused-ring (bicyclic) bond motifs is 1. The average molecular weight is 484 g/mol. The fourth-order valence-corrected chi connectivity index (χ4v) is 4.15. The van der Waals surface area contributed by atoms with E-state index in [9.17, 15) is 4.79 Å². The van der Waals surface area contributed by atoms with Crippen LogP contribution in [0.2, 0.25) is 0 Å². The predicted octanol–water partition coefficient (Wildman–Crippen LogP) is 5.85. The number of aromatic nitrogens is 4. The van der Waals surface area contributed by atoms with E-state index in [0.717, 1.165) is 27.0 Å². The van der Waals surface area contributed by atoms with Gasteiger partial charge in [0.05, 0.1) is 34.7 Å². The molecule has 5 rings (SSSR count). The molecule has 5 aromatic rings. The van der Waals surface area contributed by atoms with Crippen LogP contribution < -0.4 is 20.7 Å². The van der Waals surface area contributed by atoms with Crippen LogP contribution in [0.15, 0.2) is 72.6 Å². The van der Waals surface area contributed by atoms with Crippen LogP contribution in [0.25, 0.3) is 21.5 Å². The van der Waals surface area contributed by atoms with Crippen LogP contribution in [0.4, 0.5) is 27.8 Å². The first-order chi connectivity index (χ1) is 17.1. The van der Waals surface area contributed by atoms with Gasteiger partial charge in [0.2, 0.25) is 5.95 Å². The van der Waals surface area contributed by atoms with Crippen LogP contribution in [0, 0.1) is 6.92 Å². The van der Waals surface area contributed by atoms with Gasteiger partial charge >= 0.3 is 6.03 Å². The minimum atomic E-state index is -0.340. The molecule has 0 fully saturated rings. The molecule has 0 spiro atoms. The minimum absolute atomic E-state index is 0.340. The second kappa shape index (κ2) is 9.74. The predicted molar refractivity (Wildman–Crippen MR) is 139 cm³/mol. The van der Waals surface area contributed by atoms with Crippen LogP contribution in [0.5, 0.6) is 5.75 Å². The lowest BCUT2D eigenvalue weighted by Crippen LogP contribution is -2.19. The number of carbonyl (C=O) groups is 1. The van der Waals surface area contributed by atoms with Crippen molar-refractivity contribution in [2.75, 3.05) is 23.1 Å². The third-order valence-electron chi connectivity index (χ3n) is 5.23. The van der Waals surface area contributed by atoms with Crippen molar-refractivity contribution in [2.24, 2.45) is 0 Å². The Hall–Kier alpha value is -4.57. The van der Waals surface area contributed by atoms with Crippen LogP contribution in [-0.2, 0) is 0 Å². The van der Waals surface area contributed by atoms with E-state index in [1.54, 1.807) is 37.3 Å². The lowest BCUT2D eigenvalue weighted by atomic mass is 10.2. The summed E-state index contributed by atoms with van der Waals surface area (Å²) in [6, 6.07) is 14.5. The molecule has 174 valence electrons. The molecule has 2 aromatic carbocycles. The molecule has 35 heavy (non-hydrogen) atoms. The van der Waals surface area contributed by atoms with Crippen molar-refractivity contribution in [3.63, 3.8) is 0 Å². The Bertz CT molecular complexity index is 1520. The van der Waals surface area contributed by atoms with Gasteiger partial charge in [0.25, 0.3) is 0 Å². The first-order valence-electron chi connectivity index (χ1n) is 10.7. The van der Waals surface area contributed by atoms with Gasteiger partial charge in [-0.1, -0.05) is 6.07 Å². The van der Waals surface area contributed by atoms with E-state index in [1.807, 2.05) is 49.4 Å². The Labute approximate surface area is 205 Å². The number of benzene rings is 2. The van der Waals surface area contributed by atoms with Gasteiger partial charge in [-0.2, -0.15) is 0 Å². The van der Waals surface area contributed by atoms with Crippen molar-refractivity contribution >= 4 is 50.6 Å². The lowest BCUT2D eigenvalue weighted by molar-refractivity contribution is 0.262. The van der Waals surface area contributed by atoms with Gasteiger partial charge in [-0.15, -0.1) is 11.3 Å². The van der Waals surface area contributed by atoms with Crippen molar-refractivity contribution in [1.82, 2.24) is 19.9 Å². The van der Waals surface area contributed by atoms with E-state index in [2.05, 4.69) is 35.9 Å². The zero-order valence-corrected chi connectivity index (χ0v) is 19.8. The van der Waals surface area contributed by atoms with Gasteiger partial charge in [-0.05, 0) is 55.0 Å². The van der Waals surface area contributed by atoms with Crippen molar-refractivity contribution in [1.29, 1.82) is 0 Å². The molecule has 3 aromatic heterocycles. The number of urea groups is 1. The standard InChI is InChI=1S/C25H21N7O2S/c1-15-3-4-17(29-25(33)30-18-5-6-21-23(11-18)35-14-28-21)10-22(15)32-24-27-8-7-20(31-24)16-9-19(34-2)13-26-12-16/h3-14H,1-2H3,(H,27,31,32)(H2,29,30,33). The fourth-order valence-electron chi connectivity index (χ4n) is 3.43. The van der Waals surface area contributed by atoms with Crippen molar-refractivity contribution < 1.29 is 9.53 Å². The van der Waals surface area contributed by atoms with Crippen LogP contribution in [-0.4, -0.2) is 33.1 Å². The molecule has 0 radical (unpaired) electrons. The molecule has 0 aliphatic rings. The highest BCUT2D eigenvalue weighted by Crippen LogP contribution is 2.26. The van der Waals surface area contributed by atoms with Crippen molar-refractivity contribution in [3.05, 3.63) is 78.2 Å². The number of hydrogen-bond donors (Lipinski definition) is 3. The van der Waals surface area contributed by atoms with Crippen molar-refractivity contribution in [3.8, 4) is 17.0 Å². The summed E-state index contributed by atoms with van der Waals surface area (Å²) in [5, 5.41) is 8.97. The first kappa shape index (κ1) is 22.2. The van der Waals surface area contributed by atoms with Crippen molar-refractivity contribution in [2.45, 2.75) is 6.92 Å². The van der Waals surface area contributed by atoms with E-state index >= 15 is 0 Å². The Morgan fingerprint density at radius 3 is 2.66 bits per heavy atom. The maximum atomic E-state index is 12.6. The molecule has 0 saturated heterocycles. The summed E-state index contributed by atoms with van der Waals surface area (Å²) in [6.07, 6.45) is 5.03. The summed E-state index contributed by atoms with van der Waals surface area (Å²) in [5.74, 6) is 1.07. The highest BCUT2D eigenvalue weighted by Gasteiger charge is 2.09. The normalized spacial score (nSPS) is 10.7. The molecule has 0 atom stereocenters. The molecule has 0 aliphatic carbocycles. The van der Waals surface area contributed by atoms with Crippen LogP contribution in [0.1, 0.15) is 5.56 Å². The average Bonchev–Trinajstić information content (AvgIpc) is 3.34. The third-order valence-corrected chi connectivity index (χ3v) is 6.02. The minimum Gasteiger partial charge on any atom is -0.495 e. The number of ether oxygens (including phenoxy) is 1. The fraction of sp³-hybridized carbons (Fsp3) is 0.0800. The Balaban J connectivity index is 1.30. The van der Waals surface area contributed by atoms with E-state index in [4.69, 9.17) is 4.74 Å². The number of nitrogens with zero attached hydrogens (tertiary/aromatic N) is 4.